The molecule has 0 aromatic rings. The van der Waals surface area contributed by atoms with Gasteiger partial charge < -0.3 is 29.9 Å². The molecule has 4 N–H and O–H groups in total. The van der Waals surface area contributed by atoms with Crippen LogP contribution in [0, 0.1) is 0 Å². The van der Waals surface area contributed by atoms with Gasteiger partial charge in [0.25, 0.3) is 0 Å². The molecule has 0 aromatic carbocycles. The van der Waals surface area contributed by atoms with Crippen LogP contribution in [-0.4, -0.2) is 71.8 Å². The molecule has 0 aliphatic heterocycles. The molecule has 92 valence electrons. The molecular formula is C9H20O6. The van der Waals surface area contributed by atoms with E-state index in [1.54, 1.807) is 6.92 Å². The molecule has 1 unspecified atom stereocenters. The topological polar surface area (TPSA) is 99.4 Å². The summed E-state index contributed by atoms with van der Waals surface area (Å²) in [6.45, 7) is 0.805. The molecule has 0 rings (SSSR count). The third-order valence-electron chi connectivity index (χ3n) is 1.93. The van der Waals surface area contributed by atoms with Gasteiger partial charge in [-0.05, 0) is 6.92 Å². The minimum atomic E-state index is -0.767. The average Bonchev–Trinajstić information content (AvgIpc) is 2.28. The summed E-state index contributed by atoms with van der Waals surface area (Å²) < 4.78 is 10.3. The van der Waals surface area contributed by atoms with Gasteiger partial charge in [-0.2, -0.15) is 0 Å². The minimum Gasteiger partial charge on any atom is -0.394 e. The fourth-order valence-electron chi connectivity index (χ4n) is 1.13. The quantitative estimate of drug-likeness (QED) is 0.365. The summed E-state index contributed by atoms with van der Waals surface area (Å²) >= 11 is 0. The first-order valence-electron chi connectivity index (χ1n) is 4.93. The SMILES string of the molecule is CCO[C@H](CO)C(CO)OC(CO)CO. The van der Waals surface area contributed by atoms with Gasteiger partial charge in [0.1, 0.15) is 18.3 Å². The van der Waals surface area contributed by atoms with Crippen LogP contribution in [0.4, 0.5) is 0 Å². The summed E-state index contributed by atoms with van der Waals surface area (Å²) in [5.41, 5.74) is 0. The lowest BCUT2D eigenvalue weighted by Gasteiger charge is -2.27. The van der Waals surface area contributed by atoms with Gasteiger partial charge in [-0.3, -0.25) is 0 Å². The summed E-state index contributed by atoms with van der Waals surface area (Å²) in [6.07, 6.45) is -2.17. The largest absolute Gasteiger partial charge is 0.394 e. The Labute approximate surface area is 89.1 Å². The average molecular weight is 224 g/mol. The third-order valence-corrected chi connectivity index (χ3v) is 1.93. The highest BCUT2D eigenvalue weighted by atomic mass is 16.6. The molecule has 0 bridgehead atoms. The third kappa shape index (κ3) is 5.41. The molecule has 0 aromatic heterocycles. The summed E-state index contributed by atoms with van der Waals surface area (Å²) in [6, 6.07) is 0. The molecule has 0 heterocycles. The normalized spacial score (nSPS) is 15.6. The summed E-state index contributed by atoms with van der Waals surface area (Å²) in [7, 11) is 0. The lowest BCUT2D eigenvalue weighted by Crippen LogP contribution is -2.41. The van der Waals surface area contributed by atoms with Crippen molar-refractivity contribution in [1.82, 2.24) is 0 Å². The van der Waals surface area contributed by atoms with E-state index in [0.717, 1.165) is 0 Å². The first kappa shape index (κ1) is 14.8. The van der Waals surface area contributed by atoms with Gasteiger partial charge in [-0.15, -0.1) is 0 Å². The van der Waals surface area contributed by atoms with Crippen molar-refractivity contribution in [2.24, 2.45) is 0 Å². The van der Waals surface area contributed by atoms with E-state index in [9.17, 15) is 0 Å². The monoisotopic (exact) mass is 224 g/mol. The lowest BCUT2D eigenvalue weighted by molar-refractivity contribution is -0.146. The van der Waals surface area contributed by atoms with Crippen molar-refractivity contribution in [3.63, 3.8) is 0 Å². The van der Waals surface area contributed by atoms with Crippen molar-refractivity contribution < 1.29 is 29.9 Å². The van der Waals surface area contributed by atoms with Crippen molar-refractivity contribution in [2.45, 2.75) is 25.2 Å². The molecule has 0 radical (unpaired) electrons. The second-order valence-corrected chi connectivity index (χ2v) is 3.02. The van der Waals surface area contributed by atoms with Crippen LogP contribution < -0.4 is 0 Å². The van der Waals surface area contributed by atoms with Crippen molar-refractivity contribution in [3.8, 4) is 0 Å². The van der Waals surface area contributed by atoms with E-state index in [2.05, 4.69) is 0 Å². The van der Waals surface area contributed by atoms with Gasteiger partial charge in [0.2, 0.25) is 0 Å². The molecule has 0 saturated carbocycles. The fourth-order valence-corrected chi connectivity index (χ4v) is 1.13. The molecule has 2 atom stereocenters. The highest BCUT2D eigenvalue weighted by Crippen LogP contribution is 2.07. The van der Waals surface area contributed by atoms with Crippen LogP contribution in [0.3, 0.4) is 0 Å². The standard InChI is InChI=1S/C9H20O6/c1-2-14-8(5-12)9(6-13)15-7(3-10)4-11/h7-13H,2-6H2,1H3/t8-,9?/m1/s1. The van der Waals surface area contributed by atoms with Crippen molar-refractivity contribution >= 4 is 0 Å². The van der Waals surface area contributed by atoms with E-state index >= 15 is 0 Å². The first-order chi connectivity index (χ1) is 7.23. The Kier molecular flexibility index (Phi) is 8.88. The summed E-state index contributed by atoms with van der Waals surface area (Å²) in [5.74, 6) is 0. The maximum absolute atomic E-state index is 9.01. The predicted molar refractivity (Wildman–Crippen MR) is 52.4 cm³/mol. The molecule has 0 spiro atoms. The lowest BCUT2D eigenvalue weighted by atomic mass is 10.2. The van der Waals surface area contributed by atoms with Crippen LogP contribution in [0.15, 0.2) is 0 Å². The Morgan fingerprint density at radius 3 is 1.73 bits per heavy atom. The predicted octanol–water partition coefficient (Wildman–Crippen LogP) is -1.89. The van der Waals surface area contributed by atoms with E-state index in [4.69, 9.17) is 29.9 Å². The van der Waals surface area contributed by atoms with Crippen molar-refractivity contribution in [3.05, 3.63) is 0 Å². The van der Waals surface area contributed by atoms with Gasteiger partial charge in [0.15, 0.2) is 0 Å². The molecule has 6 heteroatoms. The van der Waals surface area contributed by atoms with E-state index in [1.165, 1.54) is 0 Å². The summed E-state index contributed by atoms with van der Waals surface area (Å²) in [5, 5.41) is 35.6. The van der Waals surface area contributed by atoms with Gasteiger partial charge in [-0.1, -0.05) is 0 Å². The minimum absolute atomic E-state index is 0.289. The van der Waals surface area contributed by atoms with Crippen LogP contribution >= 0.6 is 0 Å². The van der Waals surface area contributed by atoms with E-state index in [0.29, 0.717) is 6.61 Å². The maximum Gasteiger partial charge on any atom is 0.109 e. The van der Waals surface area contributed by atoms with Gasteiger partial charge in [-0.25, -0.2) is 0 Å². The van der Waals surface area contributed by atoms with Crippen LogP contribution in [-0.2, 0) is 9.47 Å². The number of hydrogen-bond donors (Lipinski definition) is 4. The number of hydrogen-bond acceptors (Lipinski definition) is 6. The van der Waals surface area contributed by atoms with Gasteiger partial charge in [0, 0.05) is 6.61 Å². The van der Waals surface area contributed by atoms with Crippen LogP contribution in [0.25, 0.3) is 0 Å². The smallest absolute Gasteiger partial charge is 0.109 e. The van der Waals surface area contributed by atoms with Crippen LogP contribution in [0.2, 0.25) is 0 Å². The molecule has 0 saturated heterocycles. The Balaban J connectivity index is 4.17. The number of rotatable bonds is 9. The Morgan fingerprint density at radius 2 is 1.40 bits per heavy atom. The molecule has 0 amide bonds. The second-order valence-electron chi connectivity index (χ2n) is 3.02. The molecular weight excluding hydrogens is 204 g/mol. The Morgan fingerprint density at radius 1 is 0.867 bits per heavy atom. The molecule has 6 nitrogen and oxygen atoms in total. The van der Waals surface area contributed by atoms with Crippen molar-refractivity contribution in [1.29, 1.82) is 0 Å². The zero-order valence-corrected chi connectivity index (χ0v) is 8.87. The summed E-state index contributed by atoms with van der Waals surface area (Å²) in [4.78, 5) is 0. The Hall–Kier alpha value is -0.240. The molecule has 0 aliphatic rings. The maximum atomic E-state index is 9.01. The number of ether oxygens (including phenoxy) is 2. The van der Waals surface area contributed by atoms with E-state index < -0.39 is 18.3 Å². The Bertz CT molecular complexity index is 139. The van der Waals surface area contributed by atoms with Gasteiger partial charge in [0.05, 0.1) is 26.4 Å². The van der Waals surface area contributed by atoms with E-state index in [-0.39, 0.29) is 26.4 Å². The van der Waals surface area contributed by atoms with Crippen molar-refractivity contribution in [2.75, 3.05) is 33.0 Å². The molecule has 0 aliphatic carbocycles. The molecule has 0 fully saturated rings. The van der Waals surface area contributed by atoms with Crippen LogP contribution in [0.5, 0.6) is 0 Å². The molecule has 15 heavy (non-hydrogen) atoms. The second kappa shape index (κ2) is 9.02. The zero-order chi connectivity index (χ0) is 11.7. The number of aliphatic hydroxyl groups is 4. The fraction of sp³-hybridized carbons (Fsp3) is 1.00. The first-order valence-corrected chi connectivity index (χ1v) is 4.93. The highest BCUT2D eigenvalue weighted by molar-refractivity contribution is 4.71. The highest BCUT2D eigenvalue weighted by Gasteiger charge is 2.24. The number of aliphatic hydroxyl groups excluding tert-OH is 4. The van der Waals surface area contributed by atoms with Crippen LogP contribution in [0.1, 0.15) is 6.92 Å². The van der Waals surface area contributed by atoms with E-state index in [1.807, 2.05) is 0 Å². The zero-order valence-electron chi connectivity index (χ0n) is 8.87. The van der Waals surface area contributed by atoms with Gasteiger partial charge >= 0.3 is 0 Å².